The summed E-state index contributed by atoms with van der Waals surface area (Å²) in [5.41, 5.74) is 9.70. The van der Waals surface area contributed by atoms with Crippen LogP contribution >= 0.6 is 22.7 Å². The Balaban J connectivity index is 1.22. The van der Waals surface area contributed by atoms with E-state index in [0.29, 0.717) is 5.82 Å². The van der Waals surface area contributed by atoms with Crippen LogP contribution in [-0.2, 0) is 0 Å². The normalized spacial score (nSPS) is 11.7. The second kappa shape index (κ2) is 12.6. The van der Waals surface area contributed by atoms with Crippen molar-refractivity contribution in [2.45, 2.75) is 0 Å². The fraction of sp³-hybridized carbons (Fsp3) is 0. The summed E-state index contributed by atoms with van der Waals surface area (Å²) in [7, 11) is 0. The number of hydrogen-bond donors (Lipinski definition) is 0. The van der Waals surface area contributed by atoms with Gasteiger partial charge in [0.25, 0.3) is 0 Å². The van der Waals surface area contributed by atoms with Crippen LogP contribution in [0.4, 0.5) is 0 Å². The maximum Gasteiger partial charge on any atom is 0.160 e. The first kappa shape index (κ1) is 31.1. The van der Waals surface area contributed by atoms with Gasteiger partial charge in [0.1, 0.15) is 0 Å². The van der Waals surface area contributed by atoms with Crippen LogP contribution in [0.1, 0.15) is 0 Å². The second-order valence-electron chi connectivity index (χ2n) is 13.7. The summed E-state index contributed by atoms with van der Waals surface area (Å²) >= 11 is 3.71. The van der Waals surface area contributed by atoms with Crippen molar-refractivity contribution in [2.75, 3.05) is 0 Å². The summed E-state index contributed by atoms with van der Waals surface area (Å²) in [6, 6.07) is 65.6. The molecule has 0 radical (unpaired) electrons. The number of thiophene rings is 2. The molecule has 4 heteroatoms. The van der Waals surface area contributed by atoms with Crippen LogP contribution in [0.5, 0.6) is 0 Å². The van der Waals surface area contributed by atoms with Crippen molar-refractivity contribution in [3.05, 3.63) is 182 Å². The van der Waals surface area contributed by atoms with Gasteiger partial charge in [-0.15, -0.1) is 22.7 Å². The van der Waals surface area contributed by atoms with Gasteiger partial charge in [-0.05, 0) is 81.6 Å². The molecule has 0 spiro atoms. The Labute approximate surface area is 320 Å². The number of hydrogen-bond acceptors (Lipinski definition) is 4. The van der Waals surface area contributed by atoms with E-state index in [2.05, 4.69) is 176 Å². The van der Waals surface area contributed by atoms with Gasteiger partial charge in [0.05, 0.1) is 11.4 Å². The quantitative estimate of drug-likeness (QED) is 0.177. The average molecular weight is 723 g/mol. The first-order chi connectivity index (χ1) is 26.7. The Morgan fingerprint density at radius 3 is 1.46 bits per heavy atom. The SMILES string of the molecule is c1ccc(-c2nc(-c3cc(-c4cccc5sc6ccccc6c45)cc(-c4cccc5sc6ccccc6c45)c3)cc(-c3cccc4ccccc34)n2)cc1. The van der Waals surface area contributed by atoms with Crippen LogP contribution in [-0.4, -0.2) is 9.97 Å². The van der Waals surface area contributed by atoms with Crippen molar-refractivity contribution in [3.63, 3.8) is 0 Å². The number of nitrogens with zero attached hydrogens (tertiary/aromatic N) is 2. The molecule has 0 saturated heterocycles. The van der Waals surface area contributed by atoms with Crippen molar-refractivity contribution < 1.29 is 0 Å². The molecule has 3 heterocycles. The lowest BCUT2D eigenvalue weighted by Crippen LogP contribution is -1.97. The van der Waals surface area contributed by atoms with Gasteiger partial charge in [-0.2, -0.15) is 0 Å². The Bertz CT molecular complexity index is 3090. The van der Waals surface area contributed by atoms with Gasteiger partial charge in [-0.1, -0.05) is 133 Å². The summed E-state index contributed by atoms with van der Waals surface area (Å²) < 4.78 is 5.18. The van der Waals surface area contributed by atoms with Crippen molar-refractivity contribution >= 4 is 73.8 Å². The van der Waals surface area contributed by atoms with Crippen LogP contribution < -0.4 is 0 Å². The van der Waals surface area contributed by atoms with Gasteiger partial charge in [0.2, 0.25) is 0 Å². The molecule has 0 amide bonds. The first-order valence-electron chi connectivity index (χ1n) is 18.1. The van der Waals surface area contributed by atoms with Gasteiger partial charge in [-0.3, -0.25) is 0 Å². The van der Waals surface area contributed by atoms with E-state index in [9.17, 15) is 0 Å². The lowest BCUT2D eigenvalue weighted by molar-refractivity contribution is 1.18. The highest BCUT2D eigenvalue weighted by atomic mass is 32.1. The lowest BCUT2D eigenvalue weighted by atomic mass is 9.91. The standard InChI is InChI=1S/C50H30N2S2/c1-2-14-32(15-3-1)50-51-42(30-43(52-50)39-22-10-16-31-13-4-5-17-36(31)39)35-28-33(37-20-11-25-46-48(37)40-18-6-8-23-44(40)53-46)27-34(29-35)38-21-12-26-47-49(38)41-19-7-9-24-45(41)54-47/h1-30H. The summed E-state index contributed by atoms with van der Waals surface area (Å²) in [6.07, 6.45) is 0. The van der Waals surface area contributed by atoms with Crippen molar-refractivity contribution in [3.8, 4) is 56.2 Å². The fourth-order valence-electron chi connectivity index (χ4n) is 8.02. The number of benzene rings is 8. The van der Waals surface area contributed by atoms with E-state index in [1.165, 1.54) is 73.4 Å². The lowest BCUT2D eigenvalue weighted by Gasteiger charge is -2.15. The molecule has 0 atom stereocenters. The van der Waals surface area contributed by atoms with Crippen molar-refractivity contribution in [1.82, 2.24) is 9.97 Å². The van der Waals surface area contributed by atoms with Crippen LogP contribution in [0.25, 0.3) is 107 Å². The van der Waals surface area contributed by atoms with E-state index in [1.54, 1.807) is 0 Å². The van der Waals surface area contributed by atoms with Gasteiger partial charge < -0.3 is 0 Å². The molecule has 0 bridgehead atoms. The molecule has 3 aromatic heterocycles. The van der Waals surface area contributed by atoms with Crippen LogP contribution in [0.2, 0.25) is 0 Å². The minimum atomic E-state index is 0.708. The molecule has 0 saturated carbocycles. The molecule has 0 aliphatic heterocycles. The predicted molar refractivity (Wildman–Crippen MR) is 232 cm³/mol. The highest BCUT2D eigenvalue weighted by molar-refractivity contribution is 7.26. The molecule has 54 heavy (non-hydrogen) atoms. The van der Waals surface area contributed by atoms with E-state index < -0.39 is 0 Å². The molecule has 0 unspecified atom stereocenters. The molecule has 11 rings (SSSR count). The number of fused-ring (bicyclic) bond motifs is 7. The highest BCUT2D eigenvalue weighted by Crippen LogP contribution is 2.45. The zero-order valence-corrected chi connectivity index (χ0v) is 30.7. The maximum absolute atomic E-state index is 5.35. The van der Waals surface area contributed by atoms with Crippen LogP contribution in [0.15, 0.2) is 182 Å². The van der Waals surface area contributed by atoms with E-state index in [-0.39, 0.29) is 0 Å². The molecule has 11 aromatic rings. The van der Waals surface area contributed by atoms with Crippen molar-refractivity contribution in [1.29, 1.82) is 0 Å². The third-order valence-electron chi connectivity index (χ3n) is 10.5. The van der Waals surface area contributed by atoms with Crippen LogP contribution in [0, 0.1) is 0 Å². The Morgan fingerprint density at radius 1 is 0.315 bits per heavy atom. The molecule has 0 aliphatic carbocycles. The molecular formula is C50H30N2S2. The summed E-state index contributed by atoms with van der Waals surface area (Å²) in [5.74, 6) is 0.708. The first-order valence-corrected chi connectivity index (χ1v) is 19.8. The zero-order valence-electron chi connectivity index (χ0n) is 29.0. The Morgan fingerprint density at radius 2 is 0.796 bits per heavy atom. The average Bonchev–Trinajstić information content (AvgIpc) is 3.82. The molecule has 0 aliphatic rings. The second-order valence-corrected chi connectivity index (χ2v) is 15.9. The zero-order chi connectivity index (χ0) is 35.6. The largest absolute Gasteiger partial charge is 0.228 e. The maximum atomic E-state index is 5.35. The van der Waals surface area contributed by atoms with E-state index in [1.807, 2.05) is 28.7 Å². The topological polar surface area (TPSA) is 25.8 Å². The van der Waals surface area contributed by atoms with E-state index in [4.69, 9.17) is 9.97 Å². The smallest absolute Gasteiger partial charge is 0.160 e. The Hall–Kier alpha value is -6.46. The third kappa shape index (κ3) is 5.14. The number of rotatable bonds is 5. The minimum absolute atomic E-state index is 0.708. The molecule has 2 nitrogen and oxygen atoms in total. The highest BCUT2D eigenvalue weighted by Gasteiger charge is 2.18. The predicted octanol–water partition coefficient (Wildman–Crippen LogP) is 14.7. The molecular weight excluding hydrogens is 693 g/mol. The van der Waals surface area contributed by atoms with Gasteiger partial charge in [0.15, 0.2) is 5.82 Å². The monoisotopic (exact) mass is 722 g/mol. The van der Waals surface area contributed by atoms with Gasteiger partial charge in [0, 0.05) is 57.0 Å². The van der Waals surface area contributed by atoms with E-state index in [0.717, 1.165) is 28.1 Å². The molecule has 0 fully saturated rings. The molecule has 8 aromatic carbocycles. The number of aromatic nitrogens is 2. The molecule has 0 N–H and O–H groups in total. The summed E-state index contributed by atoms with van der Waals surface area (Å²) in [4.78, 5) is 10.6. The van der Waals surface area contributed by atoms with Gasteiger partial charge >= 0.3 is 0 Å². The molecule has 252 valence electrons. The third-order valence-corrected chi connectivity index (χ3v) is 12.8. The summed E-state index contributed by atoms with van der Waals surface area (Å²) in [6.45, 7) is 0. The van der Waals surface area contributed by atoms with Crippen LogP contribution in [0.3, 0.4) is 0 Å². The Kier molecular flexibility index (Phi) is 7.25. The van der Waals surface area contributed by atoms with Crippen molar-refractivity contribution in [2.24, 2.45) is 0 Å². The minimum Gasteiger partial charge on any atom is -0.228 e. The van der Waals surface area contributed by atoms with Gasteiger partial charge in [-0.25, -0.2) is 9.97 Å². The van der Waals surface area contributed by atoms with E-state index >= 15 is 0 Å². The fourth-order valence-corrected chi connectivity index (χ4v) is 10.3. The summed E-state index contributed by atoms with van der Waals surface area (Å²) in [5, 5.41) is 7.53.